The fourth-order valence-electron chi connectivity index (χ4n) is 1.25. The van der Waals surface area contributed by atoms with Crippen LogP contribution in [0.3, 0.4) is 0 Å². The van der Waals surface area contributed by atoms with E-state index in [9.17, 15) is 0 Å². The molecule has 3 heteroatoms. The summed E-state index contributed by atoms with van der Waals surface area (Å²) in [4.78, 5) is 3.94. The lowest BCUT2D eigenvalue weighted by molar-refractivity contribution is 0.0772. The van der Waals surface area contributed by atoms with E-state index < -0.39 is 0 Å². The van der Waals surface area contributed by atoms with Crippen LogP contribution in [-0.4, -0.2) is 17.7 Å². The number of nitrogen functional groups attached to an aromatic ring is 1. The molecular weight excluding hydrogens is 176 g/mol. The fraction of sp³-hybridized carbons (Fsp3) is 0.545. The third-order valence-corrected chi connectivity index (χ3v) is 1.91. The van der Waals surface area contributed by atoms with E-state index in [1.54, 1.807) is 6.20 Å². The van der Waals surface area contributed by atoms with E-state index in [-0.39, 0.29) is 0 Å². The average Bonchev–Trinajstić information content (AvgIpc) is 2.12. The van der Waals surface area contributed by atoms with E-state index in [0.717, 1.165) is 19.4 Å². The van der Waals surface area contributed by atoms with Crippen LogP contribution in [0.5, 0.6) is 0 Å². The Hall–Kier alpha value is -1.09. The number of nitrogens with zero attached hydrogens (tertiary/aromatic N) is 1. The van der Waals surface area contributed by atoms with Crippen molar-refractivity contribution in [1.82, 2.24) is 4.98 Å². The van der Waals surface area contributed by atoms with Crippen molar-refractivity contribution in [3.63, 3.8) is 0 Å². The Balaban J connectivity index is 2.25. The molecule has 0 unspecified atom stereocenters. The van der Waals surface area contributed by atoms with Crippen molar-refractivity contribution in [1.29, 1.82) is 0 Å². The molecule has 0 aliphatic rings. The topological polar surface area (TPSA) is 48.1 Å². The van der Waals surface area contributed by atoms with Crippen LogP contribution < -0.4 is 5.73 Å². The molecule has 0 bridgehead atoms. The highest BCUT2D eigenvalue weighted by atomic mass is 16.5. The highest BCUT2D eigenvalue weighted by molar-refractivity contribution is 5.31. The molecular formula is C11H18N2O. The van der Waals surface area contributed by atoms with Crippen molar-refractivity contribution < 1.29 is 4.74 Å². The molecule has 0 aromatic carbocycles. The van der Waals surface area contributed by atoms with Crippen LogP contribution in [0.2, 0.25) is 0 Å². The van der Waals surface area contributed by atoms with Gasteiger partial charge < -0.3 is 10.5 Å². The Morgan fingerprint density at radius 3 is 2.93 bits per heavy atom. The van der Waals surface area contributed by atoms with Gasteiger partial charge in [-0.1, -0.05) is 0 Å². The summed E-state index contributed by atoms with van der Waals surface area (Å²) in [7, 11) is 0. The molecule has 2 N–H and O–H groups in total. The zero-order chi connectivity index (χ0) is 10.4. The van der Waals surface area contributed by atoms with Crippen molar-refractivity contribution in [2.75, 3.05) is 12.3 Å². The number of hydrogen-bond donors (Lipinski definition) is 1. The second-order valence-corrected chi connectivity index (χ2v) is 3.61. The van der Waals surface area contributed by atoms with E-state index in [2.05, 4.69) is 4.98 Å². The first-order valence-corrected chi connectivity index (χ1v) is 5.00. The maximum atomic E-state index is 5.57. The first-order chi connectivity index (χ1) is 6.68. The molecule has 1 heterocycles. The molecule has 0 aliphatic carbocycles. The Kier molecular flexibility index (Phi) is 4.40. The first-order valence-electron chi connectivity index (χ1n) is 5.00. The zero-order valence-corrected chi connectivity index (χ0v) is 8.86. The molecule has 0 atom stereocenters. The number of rotatable bonds is 5. The minimum absolute atomic E-state index is 0.317. The summed E-state index contributed by atoms with van der Waals surface area (Å²) in [5.41, 5.74) is 6.80. The Morgan fingerprint density at radius 1 is 1.50 bits per heavy atom. The molecule has 1 aromatic rings. The molecule has 3 nitrogen and oxygen atoms in total. The molecule has 0 amide bonds. The zero-order valence-electron chi connectivity index (χ0n) is 8.86. The highest BCUT2D eigenvalue weighted by Crippen LogP contribution is 2.06. The van der Waals surface area contributed by atoms with E-state index in [0.29, 0.717) is 11.9 Å². The summed E-state index contributed by atoms with van der Waals surface area (Å²) in [6.45, 7) is 4.90. The van der Waals surface area contributed by atoms with Gasteiger partial charge in [-0.3, -0.25) is 0 Å². The number of pyridine rings is 1. The number of nitrogens with two attached hydrogens (primary N) is 1. The smallest absolute Gasteiger partial charge is 0.123 e. The van der Waals surface area contributed by atoms with Gasteiger partial charge in [0.05, 0.1) is 6.10 Å². The van der Waals surface area contributed by atoms with E-state index in [1.165, 1.54) is 5.56 Å². The summed E-state index contributed by atoms with van der Waals surface area (Å²) < 4.78 is 5.45. The van der Waals surface area contributed by atoms with E-state index >= 15 is 0 Å². The molecule has 0 fully saturated rings. The molecule has 0 saturated carbocycles. The van der Waals surface area contributed by atoms with Gasteiger partial charge in [-0.2, -0.15) is 0 Å². The first kappa shape index (κ1) is 11.0. The van der Waals surface area contributed by atoms with E-state index in [4.69, 9.17) is 10.5 Å². The van der Waals surface area contributed by atoms with Crippen molar-refractivity contribution in [3.8, 4) is 0 Å². The number of aromatic nitrogens is 1. The predicted octanol–water partition coefficient (Wildman–Crippen LogP) is 2.02. The average molecular weight is 194 g/mol. The number of aryl methyl sites for hydroxylation is 1. The lowest BCUT2D eigenvalue weighted by Gasteiger charge is -2.07. The summed E-state index contributed by atoms with van der Waals surface area (Å²) in [5, 5.41) is 0. The van der Waals surface area contributed by atoms with Crippen LogP contribution in [0.1, 0.15) is 25.8 Å². The Morgan fingerprint density at radius 2 is 2.29 bits per heavy atom. The van der Waals surface area contributed by atoms with Gasteiger partial charge in [-0.05, 0) is 44.4 Å². The van der Waals surface area contributed by atoms with Gasteiger partial charge in [0, 0.05) is 12.8 Å². The van der Waals surface area contributed by atoms with Crippen molar-refractivity contribution in [3.05, 3.63) is 23.9 Å². The van der Waals surface area contributed by atoms with Crippen LogP contribution >= 0.6 is 0 Å². The number of hydrogen-bond acceptors (Lipinski definition) is 3. The third-order valence-electron chi connectivity index (χ3n) is 1.91. The van der Waals surface area contributed by atoms with E-state index in [1.807, 2.05) is 26.0 Å². The number of anilines is 1. The molecule has 78 valence electrons. The Labute approximate surface area is 85.3 Å². The Bertz CT molecular complexity index is 274. The summed E-state index contributed by atoms with van der Waals surface area (Å²) in [6.07, 6.45) is 4.09. The van der Waals surface area contributed by atoms with Gasteiger partial charge in [0.15, 0.2) is 0 Å². The van der Waals surface area contributed by atoms with Gasteiger partial charge in [0.1, 0.15) is 5.82 Å². The fourth-order valence-corrected chi connectivity index (χ4v) is 1.25. The second-order valence-electron chi connectivity index (χ2n) is 3.61. The number of ether oxygens (including phenoxy) is 1. The lowest BCUT2D eigenvalue weighted by atomic mass is 10.1. The molecule has 14 heavy (non-hydrogen) atoms. The normalized spacial score (nSPS) is 10.8. The maximum Gasteiger partial charge on any atom is 0.123 e. The van der Waals surface area contributed by atoms with Crippen LogP contribution in [0.25, 0.3) is 0 Å². The van der Waals surface area contributed by atoms with Crippen molar-refractivity contribution in [2.45, 2.75) is 32.8 Å². The minimum Gasteiger partial charge on any atom is -0.384 e. The van der Waals surface area contributed by atoms with Crippen LogP contribution in [0.15, 0.2) is 18.3 Å². The summed E-state index contributed by atoms with van der Waals surface area (Å²) >= 11 is 0. The lowest BCUT2D eigenvalue weighted by Crippen LogP contribution is -2.04. The van der Waals surface area contributed by atoms with Crippen LogP contribution in [0.4, 0.5) is 5.82 Å². The molecule has 0 saturated heterocycles. The largest absolute Gasteiger partial charge is 0.384 e. The summed E-state index contributed by atoms with van der Waals surface area (Å²) in [5.74, 6) is 0.590. The second kappa shape index (κ2) is 5.60. The summed E-state index contributed by atoms with van der Waals surface area (Å²) in [6, 6.07) is 3.90. The van der Waals surface area contributed by atoms with Crippen LogP contribution in [0, 0.1) is 0 Å². The maximum absolute atomic E-state index is 5.57. The monoisotopic (exact) mass is 194 g/mol. The minimum atomic E-state index is 0.317. The third kappa shape index (κ3) is 4.23. The predicted molar refractivity (Wildman–Crippen MR) is 58.1 cm³/mol. The SMILES string of the molecule is CC(C)OCCCc1ccnc(N)c1. The van der Waals surface area contributed by atoms with Gasteiger partial charge in [0.25, 0.3) is 0 Å². The standard InChI is InChI=1S/C11H18N2O/c1-9(2)14-7-3-4-10-5-6-13-11(12)8-10/h5-6,8-9H,3-4,7H2,1-2H3,(H2,12,13). The van der Waals surface area contributed by atoms with Crippen molar-refractivity contribution in [2.24, 2.45) is 0 Å². The highest BCUT2D eigenvalue weighted by Gasteiger charge is 1.96. The van der Waals surface area contributed by atoms with Gasteiger partial charge in [-0.15, -0.1) is 0 Å². The molecule has 0 aliphatic heterocycles. The van der Waals surface area contributed by atoms with Gasteiger partial charge >= 0.3 is 0 Å². The quantitative estimate of drug-likeness (QED) is 0.729. The van der Waals surface area contributed by atoms with Gasteiger partial charge in [0.2, 0.25) is 0 Å². The molecule has 1 rings (SSSR count). The van der Waals surface area contributed by atoms with Crippen molar-refractivity contribution >= 4 is 5.82 Å². The molecule has 0 radical (unpaired) electrons. The molecule has 0 spiro atoms. The molecule has 1 aromatic heterocycles. The van der Waals surface area contributed by atoms with Gasteiger partial charge in [-0.25, -0.2) is 4.98 Å². The van der Waals surface area contributed by atoms with Crippen LogP contribution in [-0.2, 0) is 11.2 Å².